The molecule has 0 fully saturated rings. The van der Waals surface area contributed by atoms with Crippen molar-refractivity contribution in [2.75, 3.05) is 6.61 Å². The summed E-state index contributed by atoms with van der Waals surface area (Å²) < 4.78 is 4.52. The van der Waals surface area contributed by atoms with Gasteiger partial charge in [0.05, 0.1) is 29.2 Å². The van der Waals surface area contributed by atoms with Gasteiger partial charge in [-0.25, -0.2) is 4.79 Å². The molecular weight excluding hydrogens is 306 g/mol. The van der Waals surface area contributed by atoms with Gasteiger partial charge in [0.15, 0.2) is 0 Å². The molecule has 1 unspecified atom stereocenters. The molecule has 0 bridgehead atoms. The van der Waals surface area contributed by atoms with Crippen molar-refractivity contribution in [3.05, 3.63) is 57.4 Å². The van der Waals surface area contributed by atoms with E-state index < -0.39 is 0 Å². The van der Waals surface area contributed by atoms with Crippen molar-refractivity contribution < 1.29 is 5.11 Å². The summed E-state index contributed by atoms with van der Waals surface area (Å²) in [4.78, 5) is 25.0. The second-order valence-corrected chi connectivity index (χ2v) is 5.96. The Morgan fingerprint density at radius 1 is 1.08 bits per heavy atom. The van der Waals surface area contributed by atoms with Crippen LogP contribution in [-0.2, 0) is 14.1 Å². The molecule has 0 saturated carbocycles. The second kappa shape index (κ2) is 6.13. The predicted octanol–water partition coefficient (Wildman–Crippen LogP) is 1.65. The minimum Gasteiger partial charge on any atom is -0.394 e. The Morgan fingerprint density at radius 3 is 2.33 bits per heavy atom. The average molecular weight is 327 g/mol. The summed E-state index contributed by atoms with van der Waals surface area (Å²) in [7, 11) is 3.14. The van der Waals surface area contributed by atoms with Crippen LogP contribution in [0.2, 0.25) is 0 Å². The number of fused-ring (bicyclic) bond motifs is 1. The molecule has 0 radical (unpaired) electrons. The molecular formula is C18H21N3O3. The third-order valence-corrected chi connectivity index (χ3v) is 4.59. The van der Waals surface area contributed by atoms with Gasteiger partial charge >= 0.3 is 5.69 Å². The number of hydrogen-bond donors (Lipinski definition) is 1. The van der Waals surface area contributed by atoms with Crippen molar-refractivity contribution in [3.63, 3.8) is 0 Å². The van der Waals surface area contributed by atoms with Gasteiger partial charge in [0, 0.05) is 20.3 Å². The summed E-state index contributed by atoms with van der Waals surface area (Å²) in [5.74, 6) is 0. The largest absolute Gasteiger partial charge is 0.394 e. The molecule has 0 saturated heterocycles. The lowest BCUT2D eigenvalue weighted by atomic mass is 10.1. The first kappa shape index (κ1) is 16.3. The number of aryl methyl sites for hydroxylation is 1. The highest BCUT2D eigenvalue weighted by molar-refractivity contribution is 5.93. The Labute approximate surface area is 139 Å². The Bertz CT molecular complexity index is 992. The zero-order valence-corrected chi connectivity index (χ0v) is 14.1. The highest BCUT2D eigenvalue weighted by atomic mass is 16.3. The maximum Gasteiger partial charge on any atom is 0.330 e. The molecule has 24 heavy (non-hydrogen) atoms. The molecule has 2 aromatic heterocycles. The zero-order valence-electron chi connectivity index (χ0n) is 14.1. The number of aromatic nitrogens is 3. The van der Waals surface area contributed by atoms with Crippen molar-refractivity contribution in [3.8, 4) is 11.3 Å². The minimum atomic E-state index is -0.360. The first-order valence-electron chi connectivity index (χ1n) is 7.98. The smallest absolute Gasteiger partial charge is 0.330 e. The van der Waals surface area contributed by atoms with E-state index in [1.807, 2.05) is 41.8 Å². The predicted molar refractivity (Wildman–Crippen MR) is 94.3 cm³/mol. The van der Waals surface area contributed by atoms with Crippen LogP contribution in [0.3, 0.4) is 0 Å². The van der Waals surface area contributed by atoms with Crippen LogP contribution in [0.4, 0.5) is 0 Å². The lowest BCUT2D eigenvalue weighted by Gasteiger charge is -2.18. The molecule has 0 aliphatic carbocycles. The average Bonchev–Trinajstić information content (AvgIpc) is 3.00. The summed E-state index contributed by atoms with van der Waals surface area (Å²) in [5.41, 5.74) is 1.52. The minimum absolute atomic E-state index is 0.0361. The molecule has 2 heterocycles. The van der Waals surface area contributed by atoms with Crippen LogP contribution in [0.1, 0.15) is 19.4 Å². The van der Waals surface area contributed by atoms with Crippen molar-refractivity contribution in [1.29, 1.82) is 0 Å². The zero-order chi connectivity index (χ0) is 17.4. The number of aliphatic hydroxyl groups is 1. The van der Waals surface area contributed by atoms with Crippen molar-refractivity contribution in [2.45, 2.75) is 19.4 Å². The molecule has 6 heteroatoms. The monoisotopic (exact) mass is 327 g/mol. The van der Waals surface area contributed by atoms with Gasteiger partial charge in [0.25, 0.3) is 5.56 Å². The molecule has 0 spiro atoms. The Hall–Kier alpha value is -2.60. The van der Waals surface area contributed by atoms with E-state index in [4.69, 9.17) is 0 Å². The third kappa shape index (κ3) is 2.30. The summed E-state index contributed by atoms with van der Waals surface area (Å²) in [6, 6.07) is 9.43. The van der Waals surface area contributed by atoms with Crippen molar-refractivity contribution >= 4 is 10.9 Å². The van der Waals surface area contributed by atoms with Gasteiger partial charge in [0.2, 0.25) is 0 Å². The van der Waals surface area contributed by atoms with Crippen LogP contribution < -0.4 is 11.2 Å². The van der Waals surface area contributed by atoms with Gasteiger partial charge in [-0.1, -0.05) is 37.3 Å². The van der Waals surface area contributed by atoms with Crippen LogP contribution in [0.5, 0.6) is 0 Å². The topological polar surface area (TPSA) is 69.2 Å². The number of aliphatic hydroxyl groups excluding tert-OH is 1. The molecule has 126 valence electrons. The molecule has 1 aromatic carbocycles. The number of rotatable bonds is 4. The van der Waals surface area contributed by atoms with Gasteiger partial charge in [0.1, 0.15) is 0 Å². The molecule has 1 atom stereocenters. The summed E-state index contributed by atoms with van der Waals surface area (Å²) in [6.45, 7) is 1.95. The molecule has 1 N–H and O–H groups in total. The molecule has 3 aromatic rings. The van der Waals surface area contributed by atoms with Gasteiger partial charge in [-0.05, 0) is 12.0 Å². The van der Waals surface area contributed by atoms with Gasteiger partial charge < -0.3 is 9.67 Å². The fourth-order valence-electron chi connectivity index (χ4n) is 3.15. The van der Waals surface area contributed by atoms with Crippen LogP contribution >= 0.6 is 0 Å². The molecule has 6 nitrogen and oxygen atoms in total. The van der Waals surface area contributed by atoms with Crippen LogP contribution in [0, 0.1) is 0 Å². The maximum atomic E-state index is 12.8. The molecule has 0 amide bonds. The van der Waals surface area contributed by atoms with E-state index in [0.717, 1.165) is 15.8 Å². The van der Waals surface area contributed by atoms with Gasteiger partial charge in [-0.15, -0.1) is 0 Å². The van der Waals surface area contributed by atoms with Crippen LogP contribution in [0.15, 0.2) is 46.1 Å². The highest BCUT2D eigenvalue weighted by Crippen LogP contribution is 2.31. The van der Waals surface area contributed by atoms with E-state index >= 15 is 0 Å². The number of hydrogen-bond acceptors (Lipinski definition) is 3. The van der Waals surface area contributed by atoms with Crippen molar-refractivity contribution in [2.24, 2.45) is 14.1 Å². The van der Waals surface area contributed by atoms with E-state index in [-0.39, 0.29) is 23.9 Å². The fraction of sp³-hybridized carbons (Fsp3) is 0.333. The standard InChI is InChI=1S/C18H21N3O3/c1-4-13(11-22)21-10-14-15(16(21)12-8-6-5-7-9-12)17(23)20(3)18(24)19(14)2/h5-10,13,22H,4,11H2,1-3H3. The van der Waals surface area contributed by atoms with Gasteiger partial charge in [-0.3, -0.25) is 13.9 Å². The van der Waals surface area contributed by atoms with Crippen molar-refractivity contribution in [1.82, 2.24) is 13.7 Å². The van der Waals surface area contributed by atoms with E-state index in [2.05, 4.69) is 0 Å². The lowest BCUT2D eigenvalue weighted by Crippen LogP contribution is -2.36. The Balaban J connectivity index is 2.52. The first-order valence-corrected chi connectivity index (χ1v) is 7.98. The quantitative estimate of drug-likeness (QED) is 0.792. The van der Waals surface area contributed by atoms with E-state index in [9.17, 15) is 14.7 Å². The molecule has 0 aliphatic heterocycles. The SMILES string of the molecule is CCC(CO)n1cc2c(c1-c1ccccc1)c(=O)n(C)c(=O)n2C. The normalized spacial score (nSPS) is 12.7. The fourth-order valence-corrected chi connectivity index (χ4v) is 3.15. The maximum absolute atomic E-state index is 12.8. The number of benzene rings is 1. The lowest BCUT2D eigenvalue weighted by molar-refractivity contribution is 0.226. The summed E-state index contributed by atoms with van der Waals surface area (Å²) in [5, 5.41) is 10.2. The molecule has 3 rings (SSSR count). The van der Waals surface area contributed by atoms with Crippen LogP contribution in [0.25, 0.3) is 22.2 Å². The number of nitrogens with zero attached hydrogens (tertiary/aromatic N) is 3. The highest BCUT2D eigenvalue weighted by Gasteiger charge is 2.22. The van der Waals surface area contributed by atoms with Gasteiger partial charge in [-0.2, -0.15) is 0 Å². The van der Waals surface area contributed by atoms with Crippen LogP contribution in [-0.4, -0.2) is 25.4 Å². The molecule has 0 aliphatic rings. The first-order chi connectivity index (χ1) is 11.5. The van der Waals surface area contributed by atoms with E-state index in [1.54, 1.807) is 13.2 Å². The van der Waals surface area contributed by atoms with E-state index in [1.165, 1.54) is 11.6 Å². The third-order valence-electron chi connectivity index (χ3n) is 4.59. The van der Waals surface area contributed by atoms with E-state index in [0.29, 0.717) is 17.3 Å². The second-order valence-electron chi connectivity index (χ2n) is 5.96. The summed E-state index contributed by atoms with van der Waals surface area (Å²) >= 11 is 0. The summed E-state index contributed by atoms with van der Waals surface area (Å²) in [6.07, 6.45) is 2.51. The Morgan fingerprint density at radius 2 is 1.75 bits per heavy atom. The Kier molecular flexibility index (Phi) is 4.15.